The topological polar surface area (TPSA) is 75.6 Å². The van der Waals surface area contributed by atoms with E-state index in [-0.39, 0.29) is 18.9 Å². The molecular weight excluding hydrogens is 234 g/mol. The Labute approximate surface area is 109 Å². The zero-order valence-electron chi connectivity index (χ0n) is 11.4. The van der Waals surface area contributed by atoms with Crippen LogP contribution in [0.15, 0.2) is 0 Å². The van der Waals surface area contributed by atoms with Gasteiger partial charge in [0.15, 0.2) is 0 Å². The second-order valence-electron chi connectivity index (χ2n) is 4.41. The van der Waals surface area contributed by atoms with Crippen LogP contribution in [0.2, 0.25) is 0 Å². The maximum Gasteiger partial charge on any atom is 0.325 e. The predicted molar refractivity (Wildman–Crippen MR) is 69.0 cm³/mol. The van der Waals surface area contributed by atoms with Crippen molar-refractivity contribution in [1.29, 1.82) is 0 Å². The molecule has 5 nitrogen and oxygen atoms in total. The van der Waals surface area contributed by atoms with Crippen molar-refractivity contribution in [2.45, 2.75) is 58.0 Å². The Hall–Kier alpha value is -1.10. The summed E-state index contributed by atoms with van der Waals surface area (Å²) in [6.45, 7) is 2.01. The molecule has 1 atom stereocenters. The quantitative estimate of drug-likeness (QED) is 0.459. The molecule has 18 heavy (non-hydrogen) atoms. The van der Waals surface area contributed by atoms with Gasteiger partial charge in [-0.3, -0.25) is 9.59 Å². The van der Waals surface area contributed by atoms with Crippen molar-refractivity contribution in [3.63, 3.8) is 0 Å². The van der Waals surface area contributed by atoms with Crippen molar-refractivity contribution in [2.24, 2.45) is 0 Å². The maximum atomic E-state index is 11.3. The molecule has 0 aliphatic carbocycles. The van der Waals surface area contributed by atoms with E-state index in [1.165, 1.54) is 26.4 Å². The molecule has 2 N–H and O–H groups in total. The summed E-state index contributed by atoms with van der Waals surface area (Å²) in [4.78, 5) is 22.1. The number of nitrogens with one attached hydrogen (secondary N) is 1. The summed E-state index contributed by atoms with van der Waals surface area (Å²) in [7, 11) is 1.26. The number of hydrogen-bond acceptors (Lipinski definition) is 4. The highest BCUT2D eigenvalue weighted by Gasteiger charge is 2.11. The van der Waals surface area contributed by atoms with Crippen LogP contribution in [-0.4, -0.2) is 36.7 Å². The molecule has 0 aromatic carbocycles. The number of aliphatic hydroxyl groups excluding tert-OH is 1. The summed E-state index contributed by atoms with van der Waals surface area (Å²) in [5, 5.41) is 12.0. The van der Waals surface area contributed by atoms with Crippen molar-refractivity contribution in [3.8, 4) is 0 Å². The van der Waals surface area contributed by atoms with E-state index in [9.17, 15) is 14.7 Å². The zero-order valence-corrected chi connectivity index (χ0v) is 11.4. The molecule has 0 bridgehead atoms. The number of methoxy groups -OCH3 is 1. The molecule has 0 aliphatic rings. The van der Waals surface area contributed by atoms with Crippen molar-refractivity contribution >= 4 is 11.9 Å². The van der Waals surface area contributed by atoms with Crippen LogP contribution in [0.25, 0.3) is 0 Å². The minimum Gasteiger partial charge on any atom is -0.468 e. The van der Waals surface area contributed by atoms with Crippen molar-refractivity contribution in [1.82, 2.24) is 5.32 Å². The van der Waals surface area contributed by atoms with Crippen molar-refractivity contribution < 1.29 is 19.4 Å². The van der Waals surface area contributed by atoms with Gasteiger partial charge in [0.1, 0.15) is 6.54 Å². The van der Waals surface area contributed by atoms with Crippen LogP contribution in [0.5, 0.6) is 0 Å². The van der Waals surface area contributed by atoms with Gasteiger partial charge in [0.05, 0.1) is 19.6 Å². The number of esters is 1. The molecule has 0 rings (SSSR count). The highest BCUT2D eigenvalue weighted by molar-refractivity contribution is 5.82. The van der Waals surface area contributed by atoms with E-state index in [2.05, 4.69) is 17.0 Å². The summed E-state index contributed by atoms with van der Waals surface area (Å²) in [5.74, 6) is -0.807. The first-order chi connectivity index (χ1) is 8.60. The molecule has 0 aromatic rings. The molecule has 1 unspecified atom stereocenters. The predicted octanol–water partition coefficient (Wildman–Crippen LogP) is 1.39. The highest BCUT2D eigenvalue weighted by Crippen LogP contribution is 2.09. The lowest BCUT2D eigenvalue weighted by atomic mass is 10.1. The van der Waals surface area contributed by atoms with Crippen LogP contribution in [0.1, 0.15) is 51.9 Å². The molecule has 0 heterocycles. The molecule has 0 aromatic heterocycles. The highest BCUT2D eigenvalue weighted by atomic mass is 16.5. The van der Waals surface area contributed by atoms with Crippen LogP contribution in [0.3, 0.4) is 0 Å². The summed E-state index contributed by atoms with van der Waals surface area (Å²) < 4.78 is 4.39. The fourth-order valence-electron chi connectivity index (χ4n) is 1.61. The zero-order chi connectivity index (χ0) is 13.8. The van der Waals surface area contributed by atoms with Crippen LogP contribution >= 0.6 is 0 Å². The van der Waals surface area contributed by atoms with Crippen LogP contribution in [0, 0.1) is 0 Å². The summed E-state index contributed by atoms with van der Waals surface area (Å²) in [6, 6.07) is 0. The van der Waals surface area contributed by atoms with Crippen LogP contribution in [-0.2, 0) is 14.3 Å². The smallest absolute Gasteiger partial charge is 0.325 e. The largest absolute Gasteiger partial charge is 0.468 e. The second kappa shape index (κ2) is 11.0. The number of aliphatic hydroxyl groups is 1. The van der Waals surface area contributed by atoms with Gasteiger partial charge in [0.25, 0.3) is 0 Å². The monoisotopic (exact) mass is 259 g/mol. The van der Waals surface area contributed by atoms with Gasteiger partial charge in [0.2, 0.25) is 5.91 Å². The van der Waals surface area contributed by atoms with E-state index < -0.39 is 12.1 Å². The summed E-state index contributed by atoms with van der Waals surface area (Å²) in [5.41, 5.74) is 0. The van der Waals surface area contributed by atoms with Crippen LogP contribution < -0.4 is 5.32 Å². The van der Waals surface area contributed by atoms with Gasteiger partial charge in [-0.2, -0.15) is 0 Å². The molecule has 0 saturated carbocycles. The Kier molecular flexibility index (Phi) is 10.3. The molecule has 0 spiro atoms. The number of carbonyl (C=O) groups excluding carboxylic acids is 2. The molecule has 5 heteroatoms. The lowest BCUT2D eigenvalue weighted by Crippen LogP contribution is -2.32. The van der Waals surface area contributed by atoms with E-state index in [0.717, 1.165) is 12.8 Å². The third kappa shape index (κ3) is 10.1. The Morgan fingerprint density at radius 3 is 2.50 bits per heavy atom. The molecule has 0 aliphatic heterocycles. The van der Waals surface area contributed by atoms with Gasteiger partial charge in [-0.15, -0.1) is 0 Å². The normalized spacial score (nSPS) is 11.9. The molecule has 0 saturated heterocycles. The van der Waals surface area contributed by atoms with Gasteiger partial charge in [0, 0.05) is 0 Å². The first-order valence-corrected chi connectivity index (χ1v) is 6.61. The third-order valence-corrected chi connectivity index (χ3v) is 2.72. The van der Waals surface area contributed by atoms with Crippen molar-refractivity contribution in [3.05, 3.63) is 0 Å². The number of rotatable bonds is 10. The third-order valence-electron chi connectivity index (χ3n) is 2.72. The minimum atomic E-state index is -0.621. The van der Waals surface area contributed by atoms with Crippen LogP contribution in [0.4, 0.5) is 0 Å². The van der Waals surface area contributed by atoms with Gasteiger partial charge in [-0.05, 0) is 6.42 Å². The number of ether oxygens (including phenoxy) is 1. The Morgan fingerprint density at radius 2 is 1.89 bits per heavy atom. The Morgan fingerprint density at radius 1 is 1.22 bits per heavy atom. The average molecular weight is 259 g/mol. The van der Waals surface area contributed by atoms with E-state index >= 15 is 0 Å². The molecule has 0 fully saturated rings. The second-order valence-corrected chi connectivity index (χ2v) is 4.41. The number of unbranched alkanes of at least 4 members (excludes halogenated alkanes) is 4. The Balaban J connectivity index is 3.52. The molecule has 0 radical (unpaired) electrons. The van der Waals surface area contributed by atoms with E-state index in [1.54, 1.807) is 0 Å². The molecule has 106 valence electrons. The van der Waals surface area contributed by atoms with Gasteiger partial charge in [-0.25, -0.2) is 0 Å². The average Bonchev–Trinajstić information content (AvgIpc) is 2.35. The lowest BCUT2D eigenvalue weighted by molar-refractivity contribution is -0.141. The van der Waals surface area contributed by atoms with E-state index in [0.29, 0.717) is 6.42 Å². The van der Waals surface area contributed by atoms with Gasteiger partial charge < -0.3 is 15.2 Å². The Bertz CT molecular complexity index is 243. The first kappa shape index (κ1) is 16.9. The summed E-state index contributed by atoms with van der Waals surface area (Å²) >= 11 is 0. The lowest BCUT2D eigenvalue weighted by Gasteiger charge is -2.10. The number of hydrogen-bond donors (Lipinski definition) is 2. The SMILES string of the molecule is CCCCCCCC(O)CC(=O)NCC(=O)OC. The van der Waals surface area contributed by atoms with E-state index in [4.69, 9.17) is 0 Å². The first-order valence-electron chi connectivity index (χ1n) is 6.61. The fourth-order valence-corrected chi connectivity index (χ4v) is 1.61. The molecular formula is C13H25NO4. The fraction of sp³-hybridized carbons (Fsp3) is 0.846. The van der Waals surface area contributed by atoms with E-state index in [1.807, 2.05) is 0 Å². The number of amides is 1. The molecule has 1 amide bonds. The standard InChI is InChI=1S/C13H25NO4/c1-3-4-5-6-7-8-11(15)9-12(16)14-10-13(17)18-2/h11,15H,3-10H2,1-2H3,(H,14,16). The number of carbonyl (C=O) groups is 2. The summed E-state index contributed by atoms with van der Waals surface area (Å²) in [6.07, 6.45) is 5.68. The van der Waals surface area contributed by atoms with Gasteiger partial charge >= 0.3 is 5.97 Å². The maximum absolute atomic E-state index is 11.3. The van der Waals surface area contributed by atoms with Gasteiger partial charge in [-0.1, -0.05) is 39.0 Å². The minimum absolute atomic E-state index is 0.0464. The van der Waals surface area contributed by atoms with Crippen molar-refractivity contribution in [2.75, 3.05) is 13.7 Å².